The Hall–Kier alpha value is -2.29. The van der Waals surface area contributed by atoms with E-state index in [1.54, 1.807) is 7.11 Å². The zero-order valence-corrected chi connectivity index (χ0v) is 11.4. The van der Waals surface area contributed by atoms with Crippen LogP contribution in [0.15, 0.2) is 48.5 Å². The van der Waals surface area contributed by atoms with Crippen molar-refractivity contribution in [1.82, 2.24) is 9.97 Å². The molecule has 1 aromatic heterocycles. The number of fused-ring (bicyclic) bond motifs is 1. The third kappa shape index (κ3) is 1.63. The van der Waals surface area contributed by atoms with Crippen molar-refractivity contribution in [2.24, 2.45) is 0 Å². The van der Waals surface area contributed by atoms with E-state index in [0.29, 0.717) is 0 Å². The fraction of sp³-hybridized carbons (Fsp3) is 0.235. The zero-order valence-electron chi connectivity index (χ0n) is 11.4. The summed E-state index contributed by atoms with van der Waals surface area (Å²) in [5.74, 6) is 1.93. The van der Waals surface area contributed by atoms with Crippen molar-refractivity contribution >= 4 is 11.0 Å². The number of H-pyrrole nitrogens is 1. The van der Waals surface area contributed by atoms with Crippen LogP contribution in [-0.4, -0.2) is 17.1 Å². The molecule has 0 amide bonds. The van der Waals surface area contributed by atoms with Crippen LogP contribution in [0.25, 0.3) is 11.0 Å². The van der Waals surface area contributed by atoms with Crippen molar-refractivity contribution in [1.29, 1.82) is 0 Å². The Morgan fingerprint density at radius 3 is 2.60 bits per heavy atom. The van der Waals surface area contributed by atoms with E-state index in [0.717, 1.165) is 35.4 Å². The van der Waals surface area contributed by atoms with Gasteiger partial charge in [0.05, 0.1) is 23.6 Å². The fourth-order valence-electron chi connectivity index (χ4n) is 2.89. The van der Waals surface area contributed by atoms with E-state index >= 15 is 0 Å². The minimum absolute atomic E-state index is 0.0908. The summed E-state index contributed by atoms with van der Waals surface area (Å²) < 4.78 is 5.27. The van der Waals surface area contributed by atoms with Crippen LogP contribution in [0.5, 0.6) is 5.75 Å². The summed E-state index contributed by atoms with van der Waals surface area (Å²) >= 11 is 0. The third-order valence-corrected chi connectivity index (χ3v) is 4.22. The summed E-state index contributed by atoms with van der Waals surface area (Å²) in [6, 6.07) is 16.6. The van der Waals surface area contributed by atoms with E-state index in [1.807, 2.05) is 18.2 Å². The van der Waals surface area contributed by atoms with Gasteiger partial charge in [0.2, 0.25) is 0 Å². The number of hydrogen-bond acceptors (Lipinski definition) is 2. The van der Waals surface area contributed by atoms with Crippen LogP contribution in [-0.2, 0) is 5.41 Å². The molecule has 0 bridgehead atoms. The number of aromatic nitrogens is 2. The lowest BCUT2D eigenvalue weighted by atomic mass is 9.95. The SMILES string of the molecule is COc1ccc2nc(C3(c4ccccc4)CC3)[nH]c2c1. The van der Waals surface area contributed by atoms with Gasteiger partial charge in [-0.1, -0.05) is 30.3 Å². The first kappa shape index (κ1) is 11.5. The van der Waals surface area contributed by atoms with Crippen LogP contribution in [0.2, 0.25) is 0 Å². The molecule has 100 valence electrons. The van der Waals surface area contributed by atoms with Gasteiger partial charge in [-0.05, 0) is 30.5 Å². The second kappa shape index (κ2) is 4.10. The van der Waals surface area contributed by atoms with Gasteiger partial charge in [0.1, 0.15) is 11.6 Å². The predicted molar refractivity (Wildman–Crippen MR) is 79.1 cm³/mol. The molecule has 1 aliphatic carbocycles. The first-order valence-corrected chi connectivity index (χ1v) is 6.92. The molecular formula is C17H16N2O. The molecule has 0 atom stereocenters. The molecule has 4 rings (SSSR count). The van der Waals surface area contributed by atoms with E-state index in [4.69, 9.17) is 9.72 Å². The van der Waals surface area contributed by atoms with Crippen molar-refractivity contribution in [3.8, 4) is 5.75 Å². The average molecular weight is 264 g/mol. The molecule has 0 unspecified atom stereocenters. The first-order valence-electron chi connectivity index (χ1n) is 6.92. The lowest BCUT2D eigenvalue weighted by Gasteiger charge is -2.12. The number of aromatic amines is 1. The molecule has 1 aliphatic rings. The highest BCUT2D eigenvalue weighted by molar-refractivity contribution is 5.77. The smallest absolute Gasteiger partial charge is 0.121 e. The van der Waals surface area contributed by atoms with Crippen LogP contribution in [0.1, 0.15) is 24.2 Å². The molecule has 2 aromatic carbocycles. The van der Waals surface area contributed by atoms with E-state index in [9.17, 15) is 0 Å². The average Bonchev–Trinajstić information content (AvgIpc) is 3.21. The van der Waals surface area contributed by atoms with Gasteiger partial charge in [-0.25, -0.2) is 4.98 Å². The first-order chi connectivity index (χ1) is 9.82. The largest absolute Gasteiger partial charge is 0.497 e. The van der Waals surface area contributed by atoms with Crippen LogP contribution in [0.3, 0.4) is 0 Å². The van der Waals surface area contributed by atoms with Crippen LogP contribution < -0.4 is 4.74 Å². The van der Waals surface area contributed by atoms with Crippen molar-refractivity contribution in [2.45, 2.75) is 18.3 Å². The number of benzene rings is 2. The van der Waals surface area contributed by atoms with Gasteiger partial charge >= 0.3 is 0 Å². The van der Waals surface area contributed by atoms with Crippen molar-refractivity contribution < 1.29 is 4.74 Å². The van der Waals surface area contributed by atoms with E-state index in [2.05, 4.69) is 35.3 Å². The molecule has 3 heteroatoms. The molecule has 1 fully saturated rings. The number of nitrogens with zero attached hydrogens (tertiary/aromatic N) is 1. The zero-order chi connectivity index (χ0) is 13.6. The van der Waals surface area contributed by atoms with Crippen LogP contribution in [0, 0.1) is 0 Å². The molecule has 20 heavy (non-hydrogen) atoms. The lowest BCUT2D eigenvalue weighted by Crippen LogP contribution is -2.10. The Bertz CT molecular complexity index is 757. The predicted octanol–water partition coefficient (Wildman–Crippen LogP) is 3.65. The molecule has 1 N–H and O–H groups in total. The molecular weight excluding hydrogens is 248 g/mol. The topological polar surface area (TPSA) is 37.9 Å². The molecule has 1 heterocycles. The van der Waals surface area contributed by atoms with Gasteiger partial charge in [0.25, 0.3) is 0 Å². The number of ether oxygens (including phenoxy) is 1. The highest BCUT2D eigenvalue weighted by Gasteiger charge is 2.48. The Morgan fingerprint density at radius 2 is 1.90 bits per heavy atom. The van der Waals surface area contributed by atoms with Gasteiger partial charge in [-0.2, -0.15) is 0 Å². The maximum absolute atomic E-state index is 5.27. The molecule has 0 saturated heterocycles. The molecule has 0 aliphatic heterocycles. The molecule has 3 nitrogen and oxygen atoms in total. The quantitative estimate of drug-likeness (QED) is 0.784. The summed E-state index contributed by atoms with van der Waals surface area (Å²) in [6.07, 6.45) is 2.32. The van der Waals surface area contributed by atoms with Gasteiger partial charge < -0.3 is 9.72 Å². The van der Waals surface area contributed by atoms with Crippen molar-refractivity contribution in [3.63, 3.8) is 0 Å². The molecule has 0 spiro atoms. The summed E-state index contributed by atoms with van der Waals surface area (Å²) in [4.78, 5) is 8.27. The standard InChI is InChI=1S/C17H16N2O/c1-20-13-7-8-14-15(11-13)19-16(18-14)17(9-10-17)12-5-3-2-4-6-12/h2-8,11H,9-10H2,1H3,(H,18,19). The molecule has 1 saturated carbocycles. The monoisotopic (exact) mass is 264 g/mol. The van der Waals surface area contributed by atoms with Gasteiger partial charge in [0, 0.05) is 6.07 Å². The number of nitrogens with one attached hydrogen (secondary N) is 1. The minimum Gasteiger partial charge on any atom is -0.497 e. The van der Waals surface area contributed by atoms with E-state index in [-0.39, 0.29) is 5.41 Å². The highest BCUT2D eigenvalue weighted by Crippen LogP contribution is 2.52. The minimum atomic E-state index is 0.0908. The normalized spacial score (nSPS) is 16.2. The molecule has 3 aromatic rings. The van der Waals surface area contributed by atoms with Gasteiger partial charge in [-0.15, -0.1) is 0 Å². The number of rotatable bonds is 3. The summed E-state index contributed by atoms with van der Waals surface area (Å²) in [7, 11) is 1.69. The number of imidazole rings is 1. The summed E-state index contributed by atoms with van der Waals surface area (Å²) in [5.41, 5.74) is 3.49. The fourth-order valence-corrected chi connectivity index (χ4v) is 2.89. The van der Waals surface area contributed by atoms with Crippen molar-refractivity contribution in [2.75, 3.05) is 7.11 Å². The summed E-state index contributed by atoms with van der Waals surface area (Å²) in [5, 5.41) is 0. The van der Waals surface area contributed by atoms with E-state index in [1.165, 1.54) is 5.56 Å². The van der Waals surface area contributed by atoms with Crippen molar-refractivity contribution in [3.05, 3.63) is 59.9 Å². The second-order valence-electron chi connectivity index (χ2n) is 5.42. The van der Waals surface area contributed by atoms with Crippen LogP contribution in [0.4, 0.5) is 0 Å². The number of methoxy groups -OCH3 is 1. The van der Waals surface area contributed by atoms with Crippen LogP contribution >= 0.6 is 0 Å². The maximum Gasteiger partial charge on any atom is 0.121 e. The Kier molecular flexibility index (Phi) is 2.36. The summed E-state index contributed by atoms with van der Waals surface area (Å²) in [6.45, 7) is 0. The molecule has 0 radical (unpaired) electrons. The van der Waals surface area contributed by atoms with Gasteiger partial charge in [0.15, 0.2) is 0 Å². The third-order valence-electron chi connectivity index (χ3n) is 4.22. The second-order valence-corrected chi connectivity index (χ2v) is 5.42. The van der Waals surface area contributed by atoms with E-state index < -0.39 is 0 Å². The maximum atomic E-state index is 5.27. The highest BCUT2D eigenvalue weighted by atomic mass is 16.5. The Labute approximate surface area is 117 Å². The Morgan fingerprint density at radius 1 is 1.10 bits per heavy atom. The Balaban J connectivity index is 1.83. The lowest BCUT2D eigenvalue weighted by molar-refractivity contribution is 0.415. The number of hydrogen-bond donors (Lipinski definition) is 1. The van der Waals surface area contributed by atoms with Gasteiger partial charge in [-0.3, -0.25) is 0 Å².